The Morgan fingerprint density at radius 3 is 3.00 bits per heavy atom. The zero-order chi connectivity index (χ0) is 14.4. The number of nitrogens with zero attached hydrogens (tertiary/aromatic N) is 1. The predicted molar refractivity (Wildman–Crippen MR) is 80.4 cm³/mol. The Labute approximate surface area is 121 Å². The van der Waals surface area contributed by atoms with Crippen molar-refractivity contribution in [2.75, 3.05) is 19.6 Å². The molecule has 0 aromatic carbocycles. The first-order valence-corrected chi connectivity index (χ1v) is 7.57. The molecule has 4 heteroatoms. The minimum atomic E-state index is 0.130. The van der Waals surface area contributed by atoms with E-state index in [0.29, 0.717) is 18.4 Å². The fourth-order valence-electron chi connectivity index (χ4n) is 2.76. The molecule has 2 N–H and O–H groups in total. The van der Waals surface area contributed by atoms with Crippen molar-refractivity contribution in [3.8, 4) is 0 Å². The van der Waals surface area contributed by atoms with E-state index in [9.17, 15) is 4.79 Å². The Morgan fingerprint density at radius 2 is 2.40 bits per heavy atom. The highest BCUT2D eigenvalue weighted by Crippen LogP contribution is 2.23. The van der Waals surface area contributed by atoms with Crippen LogP contribution in [0.15, 0.2) is 24.5 Å². The maximum absolute atomic E-state index is 12.2. The Kier molecular flexibility index (Phi) is 5.53. The average molecular weight is 275 g/mol. The fourth-order valence-corrected chi connectivity index (χ4v) is 2.76. The summed E-state index contributed by atoms with van der Waals surface area (Å²) in [6, 6.07) is 4.05. The average Bonchev–Trinajstić information content (AvgIpc) is 2.49. The summed E-state index contributed by atoms with van der Waals surface area (Å²) in [5, 5.41) is 6.41. The molecule has 110 valence electrons. The van der Waals surface area contributed by atoms with Gasteiger partial charge in [-0.1, -0.05) is 19.9 Å². The third-order valence-electron chi connectivity index (χ3n) is 4.08. The molecule has 1 aliphatic heterocycles. The number of carbonyl (C=O) groups excluding carboxylic acids is 1. The van der Waals surface area contributed by atoms with Gasteiger partial charge in [-0.3, -0.25) is 9.78 Å². The Morgan fingerprint density at radius 1 is 1.55 bits per heavy atom. The lowest BCUT2D eigenvalue weighted by Gasteiger charge is -2.25. The highest BCUT2D eigenvalue weighted by Gasteiger charge is 2.23. The molecule has 0 saturated carbocycles. The number of aromatic nitrogens is 1. The Balaban J connectivity index is 1.91. The van der Waals surface area contributed by atoms with Gasteiger partial charge in [0.05, 0.1) is 5.92 Å². The third-order valence-corrected chi connectivity index (χ3v) is 4.08. The lowest BCUT2D eigenvalue weighted by atomic mass is 9.89. The summed E-state index contributed by atoms with van der Waals surface area (Å²) in [7, 11) is 0. The summed E-state index contributed by atoms with van der Waals surface area (Å²) in [6.07, 6.45) is 5.78. The van der Waals surface area contributed by atoms with Gasteiger partial charge in [-0.2, -0.15) is 0 Å². The zero-order valence-corrected chi connectivity index (χ0v) is 12.4. The number of nitrogens with one attached hydrogen (secondary N) is 2. The molecule has 2 rings (SSSR count). The first-order valence-electron chi connectivity index (χ1n) is 7.57. The molecule has 2 unspecified atom stereocenters. The second-order valence-corrected chi connectivity index (χ2v) is 5.93. The van der Waals surface area contributed by atoms with E-state index >= 15 is 0 Å². The molecule has 1 aromatic heterocycles. The molecule has 0 bridgehead atoms. The summed E-state index contributed by atoms with van der Waals surface area (Å²) in [4.78, 5) is 16.4. The van der Waals surface area contributed by atoms with E-state index in [-0.39, 0.29) is 11.8 Å². The van der Waals surface area contributed by atoms with Crippen LogP contribution in [0.25, 0.3) is 0 Å². The Bertz CT molecular complexity index is 413. The van der Waals surface area contributed by atoms with Crippen LogP contribution in [0.1, 0.15) is 38.2 Å². The first-order chi connectivity index (χ1) is 9.68. The van der Waals surface area contributed by atoms with Gasteiger partial charge in [0, 0.05) is 31.4 Å². The van der Waals surface area contributed by atoms with Gasteiger partial charge < -0.3 is 10.6 Å². The van der Waals surface area contributed by atoms with Crippen LogP contribution in [-0.2, 0) is 4.79 Å². The van der Waals surface area contributed by atoms with Gasteiger partial charge in [-0.05, 0) is 36.9 Å². The lowest BCUT2D eigenvalue weighted by molar-refractivity contribution is -0.125. The predicted octanol–water partition coefficient (Wildman–Crippen LogP) is 1.94. The van der Waals surface area contributed by atoms with Crippen molar-refractivity contribution in [2.24, 2.45) is 11.8 Å². The molecule has 20 heavy (non-hydrogen) atoms. The molecule has 0 radical (unpaired) electrons. The van der Waals surface area contributed by atoms with Gasteiger partial charge in [0.1, 0.15) is 0 Å². The number of carbonyl (C=O) groups is 1. The molecular weight excluding hydrogens is 250 g/mol. The number of pyridine rings is 1. The molecule has 1 aromatic rings. The van der Waals surface area contributed by atoms with E-state index in [2.05, 4.69) is 35.5 Å². The van der Waals surface area contributed by atoms with Crippen LogP contribution >= 0.6 is 0 Å². The van der Waals surface area contributed by atoms with Crippen molar-refractivity contribution in [3.05, 3.63) is 30.1 Å². The van der Waals surface area contributed by atoms with Crippen molar-refractivity contribution < 1.29 is 4.79 Å². The fraction of sp³-hybridized carbons (Fsp3) is 0.625. The maximum atomic E-state index is 12.2. The van der Waals surface area contributed by atoms with Crippen LogP contribution in [0.4, 0.5) is 0 Å². The van der Waals surface area contributed by atoms with Crippen LogP contribution < -0.4 is 10.6 Å². The van der Waals surface area contributed by atoms with Crippen LogP contribution in [0.5, 0.6) is 0 Å². The summed E-state index contributed by atoms with van der Waals surface area (Å²) < 4.78 is 0. The van der Waals surface area contributed by atoms with Crippen LogP contribution in [-0.4, -0.2) is 30.5 Å². The highest BCUT2D eigenvalue weighted by atomic mass is 16.1. The van der Waals surface area contributed by atoms with Crippen LogP contribution in [0.2, 0.25) is 0 Å². The molecule has 0 spiro atoms. The Hall–Kier alpha value is -1.42. The normalized spacial score (nSPS) is 20.6. The molecule has 2 heterocycles. The summed E-state index contributed by atoms with van der Waals surface area (Å²) in [5.74, 6) is 1.12. The van der Waals surface area contributed by atoms with E-state index in [1.165, 1.54) is 5.56 Å². The third kappa shape index (κ3) is 4.04. The second-order valence-electron chi connectivity index (χ2n) is 5.93. The van der Waals surface area contributed by atoms with Gasteiger partial charge in [0.2, 0.25) is 5.91 Å². The van der Waals surface area contributed by atoms with E-state index in [1.54, 1.807) is 6.20 Å². The van der Waals surface area contributed by atoms with Crippen molar-refractivity contribution in [1.29, 1.82) is 0 Å². The first kappa shape index (κ1) is 15.0. The maximum Gasteiger partial charge on any atom is 0.224 e. The van der Waals surface area contributed by atoms with Gasteiger partial charge in [0.15, 0.2) is 0 Å². The van der Waals surface area contributed by atoms with Crippen molar-refractivity contribution in [3.63, 3.8) is 0 Å². The van der Waals surface area contributed by atoms with Gasteiger partial charge >= 0.3 is 0 Å². The molecule has 2 atom stereocenters. The van der Waals surface area contributed by atoms with Crippen molar-refractivity contribution in [2.45, 2.75) is 32.6 Å². The smallest absolute Gasteiger partial charge is 0.224 e. The topological polar surface area (TPSA) is 54.0 Å². The standard InChI is InChI=1S/C16H25N3O/c1-12(2)15(13-5-3-7-17-9-13)11-19-16(20)14-6-4-8-18-10-14/h3,5,7,9,12,14-15,18H,4,6,8,10-11H2,1-2H3,(H,19,20). The molecule has 1 amide bonds. The molecule has 1 saturated heterocycles. The molecule has 0 aliphatic carbocycles. The minimum absolute atomic E-state index is 0.130. The monoisotopic (exact) mass is 275 g/mol. The number of rotatable bonds is 5. The quantitative estimate of drug-likeness (QED) is 0.863. The van der Waals surface area contributed by atoms with Gasteiger partial charge in [0.25, 0.3) is 0 Å². The van der Waals surface area contributed by atoms with E-state index in [1.807, 2.05) is 12.3 Å². The van der Waals surface area contributed by atoms with E-state index in [4.69, 9.17) is 0 Å². The minimum Gasteiger partial charge on any atom is -0.355 e. The SMILES string of the molecule is CC(C)C(CNC(=O)C1CCCNC1)c1cccnc1. The van der Waals surface area contributed by atoms with Crippen LogP contribution in [0.3, 0.4) is 0 Å². The number of amides is 1. The van der Waals surface area contributed by atoms with Gasteiger partial charge in [-0.15, -0.1) is 0 Å². The van der Waals surface area contributed by atoms with Gasteiger partial charge in [-0.25, -0.2) is 0 Å². The van der Waals surface area contributed by atoms with Crippen molar-refractivity contribution >= 4 is 5.91 Å². The zero-order valence-electron chi connectivity index (χ0n) is 12.4. The molecule has 1 aliphatic rings. The number of hydrogen-bond donors (Lipinski definition) is 2. The number of hydrogen-bond acceptors (Lipinski definition) is 3. The molecule has 1 fully saturated rings. The van der Waals surface area contributed by atoms with E-state index < -0.39 is 0 Å². The summed E-state index contributed by atoms with van der Waals surface area (Å²) >= 11 is 0. The second kappa shape index (κ2) is 7.39. The summed E-state index contributed by atoms with van der Waals surface area (Å²) in [5.41, 5.74) is 1.20. The van der Waals surface area contributed by atoms with E-state index in [0.717, 1.165) is 25.9 Å². The highest BCUT2D eigenvalue weighted by molar-refractivity contribution is 5.79. The largest absolute Gasteiger partial charge is 0.355 e. The molecular formula is C16H25N3O. The molecule has 4 nitrogen and oxygen atoms in total. The lowest BCUT2D eigenvalue weighted by Crippen LogP contribution is -2.42. The number of piperidine rings is 1. The van der Waals surface area contributed by atoms with Crippen molar-refractivity contribution in [1.82, 2.24) is 15.6 Å². The van der Waals surface area contributed by atoms with Crippen LogP contribution in [0, 0.1) is 11.8 Å². The summed E-state index contributed by atoms with van der Waals surface area (Å²) in [6.45, 7) is 6.91.